The number of aliphatic hydroxyl groups is 1. The van der Waals surface area contributed by atoms with Crippen LogP contribution in [0, 0.1) is 5.92 Å². The highest BCUT2D eigenvalue weighted by molar-refractivity contribution is 7.47. The summed E-state index contributed by atoms with van der Waals surface area (Å²) in [6.45, 7) is 7.28. The Balaban J connectivity index is 5.23. The quantitative estimate of drug-likeness (QED) is 0.0222. The van der Waals surface area contributed by atoms with E-state index in [0.717, 1.165) is 95.8 Å². The molecule has 95 heavy (non-hydrogen) atoms. The number of carbonyl (C=O) groups excluding carboxylic acids is 4. The van der Waals surface area contributed by atoms with Crippen molar-refractivity contribution in [3.05, 3.63) is 0 Å². The number of esters is 4. The Labute approximate surface area is 581 Å². The zero-order chi connectivity index (χ0) is 69.8. The fraction of sp³-hybridized carbons (Fsp3) is 0.947. The van der Waals surface area contributed by atoms with Crippen molar-refractivity contribution in [1.82, 2.24) is 0 Å². The molecule has 0 amide bonds. The number of hydrogen-bond acceptors (Lipinski definition) is 15. The smallest absolute Gasteiger partial charge is 0.462 e. The van der Waals surface area contributed by atoms with Gasteiger partial charge in [-0.15, -0.1) is 0 Å². The second kappa shape index (κ2) is 69.2. The lowest BCUT2D eigenvalue weighted by molar-refractivity contribution is -0.161. The molecule has 3 N–H and O–H groups in total. The molecule has 564 valence electrons. The van der Waals surface area contributed by atoms with E-state index in [1.807, 2.05) is 0 Å². The van der Waals surface area contributed by atoms with Crippen LogP contribution < -0.4 is 0 Å². The molecule has 0 aromatic rings. The standard InChI is InChI=1S/C76H148O17P2/c1-6-10-13-16-19-22-25-27-29-30-31-32-33-35-37-40-46-51-56-61-75(80)92-71(65-87-74(79)60-55-50-45-39-36-34-28-26-23-20-17-14-11-7-2)67-90-94(82,83)88-63-70(77)64-89-95(84,85)91-68-72(66-86-73(78)59-54-49-44-38-24-21-18-15-12-8-3)93-76(81)62-57-52-47-42-41-43-48-53-58-69(5)9-4/h69-72,77H,6-68H2,1-5H3,(H,82,83)(H,84,85)/t69?,70-,71-,72-/m1/s1. The normalized spacial score (nSPS) is 14.2. The number of phosphoric acid groups is 2. The topological polar surface area (TPSA) is 237 Å². The Hall–Kier alpha value is -1.94. The van der Waals surface area contributed by atoms with Crippen molar-refractivity contribution in [2.24, 2.45) is 5.92 Å². The molecule has 0 fully saturated rings. The van der Waals surface area contributed by atoms with Crippen LogP contribution in [0.5, 0.6) is 0 Å². The minimum atomic E-state index is -4.96. The van der Waals surface area contributed by atoms with Gasteiger partial charge in [0.25, 0.3) is 0 Å². The number of carbonyl (C=O) groups is 4. The van der Waals surface area contributed by atoms with Crippen LogP contribution in [0.25, 0.3) is 0 Å². The predicted octanol–water partition coefficient (Wildman–Crippen LogP) is 22.5. The molecule has 0 aromatic carbocycles. The van der Waals surface area contributed by atoms with Gasteiger partial charge in [-0.3, -0.25) is 37.3 Å². The van der Waals surface area contributed by atoms with Crippen LogP contribution in [0.4, 0.5) is 0 Å². The van der Waals surface area contributed by atoms with Crippen LogP contribution >= 0.6 is 15.6 Å². The lowest BCUT2D eigenvalue weighted by Crippen LogP contribution is -2.30. The fourth-order valence-corrected chi connectivity index (χ4v) is 13.3. The molecule has 17 nitrogen and oxygen atoms in total. The summed E-state index contributed by atoms with van der Waals surface area (Å²) in [4.78, 5) is 72.8. The van der Waals surface area contributed by atoms with Crippen LogP contribution in [0.15, 0.2) is 0 Å². The van der Waals surface area contributed by atoms with Crippen molar-refractivity contribution in [3.63, 3.8) is 0 Å². The van der Waals surface area contributed by atoms with Gasteiger partial charge in [-0.2, -0.15) is 0 Å². The van der Waals surface area contributed by atoms with E-state index in [2.05, 4.69) is 34.6 Å². The highest BCUT2D eigenvalue weighted by Crippen LogP contribution is 2.45. The molecule has 0 aliphatic heterocycles. The summed E-state index contributed by atoms with van der Waals surface area (Å²) >= 11 is 0. The van der Waals surface area contributed by atoms with Crippen molar-refractivity contribution < 1.29 is 80.2 Å². The molecule has 19 heteroatoms. The van der Waals surface area contributed by atoms with Crippen molar-refractivity contribution in [2.75, 3.05) is 39.6 Å². The molecule has 3 unspecified atom stereocenters. The van der Waals surface area contributed by atoms with E-state index in [0.29, 0.717) is 25.7 Å². The average Bonchev–Trinajstić information content (AvgIpc) is 1.53. The van der Waals surface area contributed by atoms with Crippen LogP contribution in [0.3, 0.4) is 0 Å². The second-order valence-electron chi connectivity index (χ2n) is 27.6. The monoisotopic (exact) mass is 1400 g/mol. The van der Waals surface area contributed by atoms with E-state index in [1.54, 1.807) is 0 Å². The lowest BCUT2D eigenvalue weighted by atomic mass is 9.99. The number of unbranched alkanes of at least 4 members (excludes halogenated alkanes) is 47. The van der Waals surface area contributed by atoms with Crippen molar-refractivity contribution in [3.8, 4) is 0 Å². The van der Waals surface area contributed by atoms with Crippen molar-refractivity contribution in [2.45, 2.75) is 419 Å². The fourth-order valence-electron chi connectivity index (χ4n) is 11.7. The average molecular weight is 1400 g/mol. The lowest BCUT2D eigenvalue weighted by Gasteiger charge is -2.21. The van der Waals surface area contributed by atoms with Gasteiger partial charge in [-0.05, 0) is 31.6 Å². The first-order chi connectivity index (χ1) is 46.1. The Morgan fingerprint density at radius 3 is 0.747 bits per heavy atom. The van der Waals surface area contributed by atoms with E-state index in [9.17, 15) is 43.2 Å². The minimum Gasteiger partial charge on any atom is -0.462 e. The first kappa shape index (κ1) is 93.1. The highest BCUT2D eigenvalue weighted by atomic mass is 31.2. The summed E-state index contributed by atoms with van der Waals surface area (Å²) in [6.07, 6.45) is 58.2. The van der Waals surface area contributed by atoms with Crippen LogP contribution in [0.2, 0.25) is 0 Å². The Morgan fingerprint density at radius 1 is 0.295 bits per heavy atom. The van der Waals surface area contributed by atoms with E-state index >= 15 is 0 Å². The molecule has 0 aromatic heterocycles. The molecule has 0 aliphatic rings. The molecule has 0 aliphatic carbocycles. The third-order valence-electron chi connectivity index (χ3n) is 18.1. The molecular formula is C76H148O17P2. The molecule has 0 rings (SSSR count). The molecule has 0 saturated heterocycles. The summed E-state index contributed by atoms with van der Waals surface area (Å²) in [5.74, 6) is -1.34. The van der Waals surface area contributed by atoms with Gasteiger partial charge < -0.3 is 33.8 Å². The van der Waals surface area contributed by atoms with E-state index in [1.165, 1.54) is 225 Å². The van der Waals surface area contributed by atoms with Crippen molar-refractivity contribution >= 4 is 39.5 Å². The SMILES string of the molecule is CCCCCCCCCCCCCCCCCCCCCC(=O)O[C@H](COC(=O)CCCCCCCCCCCCCCCC)COP(=O)(O)OC[C@@H](O)COP(=O)(O)OC[C@@H](COC(=O)CCCCCCCCCCCC)OC(=O)CCCCCCCCCCC(C)CC. The third-order valence-corrected chi connectivity index (χ3v) is 20.0. The summed E-state index contributed by atoms with van der Waals surface area (Å²) < 4.78 is 68.5. The van der Waals surface area contributed by atoms with Gasteiger partial charge in [0, 0.05) is 25.7 Å². The highest BCUT2D eigenvalue weighted by Gasteiger charge is 2.30. The number of aliphatic hydroxyl groups excluding tert-OH is 1. The second-order valence-corrected chi connectivity index (χ2v) is 30.5. The summed E-state index contributed by atoms with van der Waals surface area (Å²) in [5, 5.41) is 10.6. The maximum absolute atomic E-state index is 13.1. The summed E-state index contributed by atoms with van der Waals surface area (Å²) in [7, 11) is -9.91. The van der Waals surface area contributed by atoms with E-state index in [4.69, 9.17) is 37.0 Å². The Kier molecular flexibility index (Phi) is 67.7. The third kappa shape index (κ3) is 69.0. The summed E-state index contributed by atoms with van der Waals surface area (Å²) in [5.41, 5.74) is 0. The van der Waals surface area contributed by atoms with Crippen LogP contribution in [-0.2, 0) is 65.4 Å². The van der Waals surface area contributed by atoms with Gasteiger partial charge in [-0.1, -0.05) is 349 Å². The molecule has 0 saturated carbocycles. The number of ether oxygens (including phenoxy) is 4. The number of rotatable bonds is 76. The molecule has 0 heterocycles. The predicted molar refractivity (Wildman–Crippen MR) is 386 cm³/mol. The van der Waals surface area contributed by atoms with Gasteiger partial charge in [0.05, 0.1) is 26.4 Å². The molecule has 6 atom stereocenters. The zero-order valence-corrected chi connectivity index (χ0v) is 63.6. The first-order valence-electron chi connectivity index (χ1n) is 39.7. The first-order valence-corrected chi connectivity index (χ1v) is 42.7. The van der Waals surface area contributed by atoms with Gasteiger partial charge in [0.1, 0.15) is 19.3 Å². The van der Waals surface area contributed by atoms with Gasteiger partial charge in [0.2, 0.25) is 0 Å². The van der Waals surface area contributed by atoms with Crippen LogP contribution in [-0.4, -0.2) is 96.7 Å². The summed E-state index contributed by atoms with van der Waals surface area (Å²) in [6, 6.07) is 0. The number of hydrogen-bond donors (Lipinski definition) is 3. The molecule has 0 radical (unpaired) electrons. The maximum Gasteiger partial charge on any atom is 0.472 e. The molecule has 0 bridgehead atoms. The van der Waals surface area contributed by atoms with E-state index in [-0.39, 0.29) is 25.7 Å². The maximum atomic E-state index is 13.1. The van der Waals surface area contributed by atoms with Gasteiger partial charge >= 0.3 is 39.5 Å². The van der Waals surface area contributed by atoms with Gasteiger partial charge in [0.15, 0.2) is 12.2 Å². The Morgan fingerprint density at radius 2 is 0.505 bits per heavy atom. The molecular weight excluding hydrogens is 1250 g/mol. The van der Waals surface area contributed by atoms with Crippen molar-refractivity contribution in [1.29, 1.82) is 0 Å². The zero-order valence-electron chi connectivity index (χ0n) is 61.8. The Bertz CT molecular complexity index is 1820. The van der Waals surface area contributed by atoms with E-state index < -0.39 is 97.5 Å². The largest absolute Gasteiger partial charge is 0.472 e. The van der Waals surface area contributed by atoms with Gasteiger partial charge in [-0.25, -0.2) is 9.13 Å². The minimum absolute atomic E-state index is 0.106. The van der Waals surface area contributed by atoms with Crippen LogP contribution in [0.1, 0.15) is 401 Å². The number of phosphoric ester groups is 2. The molecule has 0 spiro atoms.